The van der Waals surface area contributed by atoms with Gasteiger partial charge >= 0.3 is 11.9 Å². The van der Waals surface area contributed by atoms with Gasteiger partial charge in [-0.2, -0.15) is 0 Å². The highest BCUT2D eigenvalue weighted by molar-refractivity contribution is 6.04. The van der Waals surface area contributed by atoms with Gasteiger partial charge in [-0.15, -0.1) is 0 Å². The van der Waals surface area contributed by atoms with E-state index >= 15 is 0 Å². The molecule has 0 amide bonds. The molecule has 0 atom stereocenters. The Labute approximate surface area is 202 Å². The minimum atomic E-state index is -1.84. The first kappa shape index (κ1) is 29.2. The molecule has 0 aliphatic carbocycles. The van der Waals surface area contributed by atoms with E-state index in [2.05, 4.69) is 6.92 Å². The molecule has 1 aromatic carbocycles. The molecule has 188 valence electrons. The molecule has 0 fully saturated rings. The molecule has 0 aromatic heterocycles. The zero-order chi connectivity index (χ0) is 24.2. The highest BCUT2D eigenvalue weighted by atomic mass is 16.4. The van der Waals surface area contributed by atoms with Gasteiger partial charge in [-0.05, 0) is 12.0 Å². The number of benzene rings is 1. The van der Waals surface area contributed by atoms with E-state index in [0.29, 0.717) is 12.0 Å². The fourth-order valence-corrected chi connectivity index (χ4v) is 4.71. The van der Waals surface area contributed by atoms with Gasteiger partial charge in [-0.3, -0.25) is 9.59 Å². The second-order valence-corrected chi connectivity index (χ2v) is 9.64. The van der Waals surface area contributed by atoms with Crippen molar-refractivity contribution in [2.75, 3.05) is 0 Å². The second-order valence-electron chi connectivity index (χ2n) is 9.64. The molecule has 1 aromatic rings. The summed E-state index contributed by atoms with van der Waals surface area (Å²) in [6.07, 6.45) is 22.9. The first-order valence-corrected chi connectivity index (χ1v) is 13.6. The SMILES string of the molecule is CCCCCCCCCCCCCCCCCCCCC(C(=O)O)(C(=O)O)c1ccccc1. The van der Waals surface area contributed by atoms with Crippen LogP contribution in [0.15, 0.2) is 30.3 Å². The average Bonchev–Trinajstić information content (AvgIpc) is 2.81. The molecule has 0 bridgehead atoms. The zero-order valence-electron chi connectivity index (χ0n) is 21.0. The highest BCUT2D eigenvalue weighted by Crippen LogP contribution is 2.31. The van der Waals surface area contributed by atoms with Crippen LogP contribution in [-0.4, -0.2) is 22.2 Å². The van der Waals surface area contributed by atoms with Crippen molar-refractivity contribution in [2.24, 2.45) is 0 Å². The maximum Gasteiger partial charge on any atom is 0.325 e. The molecule has 4 heteroatoms. The molecule has 1 rings (SSSR count). The highest BCUT2D eigenvalue weighted by Gasteiger charge is 2.47. The summed E-state index contributed by atoms with van der Waals surface area (Å²) in [7, 11) is 0. The Kier molecular flexibility index (Phi) is 16.4. The summed E-state index contributed by atoms with van der Waals surface area (Å²) < 4.78 is 0. The second kappa shape index (κ2) is 18.6. The molecule has 0 saturated heterocycles. The van der Waals surface area contributed by atoms with Crippen LogP contribution in [0, 0.1) is 0 Å². The predicted molar refractivity (Wildman–Crippen MR) is 137 cm³/mol. The van der Waals surface area contributed by atoms with Crippen LogP contribution in [0.5, 0.6) is 0 Å². The van der Waals surface area contributed by atoms with Crippen molar-refractivity contribution in [3.8, 4) is 0 Å². The molecule has 4 nitrogen and oxygen atoms in total. The fourth-order valence-electron chi connectivity index (χ4n) is 4.71. The van der Waals surface area contributed by atoms with Gasteiger partial charge in [-0.25, -0.2) is 0 Å². The maximum atomic E-state index is 11.9. The van der Waals surface area contributed by atoms with Gasteiger partial charge < -0.3 is 10.2 Å². The smallest absolute Gasteiger partial charge is 0.325 e. The molecule has 0 aliphatic rings. The Balaban J connectivity index is 2.04. The van der Waals surface area contributed by atoms with E-state index in [0.717, 1.165) is 19.3 Å². The summed E-state index contributed by atoms with van der Waals surface area (Å²) >= 11 is 0. The number of rotatable bonds is 22. The zero-order valence-corrected chi connectivity index (χ0v) is 21.0. The summed E-state index contributed by atoms with van der Waals surface area (Å²) in [4.78, 5) is 23.8. The molecular formula is C29H48O4. The molecule has 0 radical (unpaired) electrons. The summed E-state index contributed by atoms with van der Waals surface area (Å²) in [5.74, 6) is -2.54. The van der Waals surface area contributed by atoms with E-state index in [9.17, 15) is 19.8 Å². The van der Waals surface area contributed by atoms with Gasteiger partial charge in [0.05, 0.1) is 0 Å². The van der Waals surface area contributed by atoms with Gasteiger partial charge in [0.25, 0.3) is 0 Å². The van der Waals surface area contributed by atoms with Crippen LogP contribution in [0.25, 0.3) is 0 Å². The molecule has 0 spiro atoms. The monoisotopic (exact) mass is 460 g/mol. The third kappa shape index (κ3) is 11.7. The first-order chi connectivity index (χ1) is 16.1. The molecule has 0 heterocycles. The van der Waals surface area contributed by atoms with E-state index in [1.807, 2.05) is 0 Å². The summed E-state index contributed by atoms with van der Waals surface area (Å²) in [6.45, 7) is 2.27. The largest absolute Gasteiger partial charge is 0.480 e. The Bertz CT molecular complexity index is 612. The van der Waals surface area contributed by atoms with Crippen LogP contribution in [0.1, 0.15) is 134 Å². The first-order valence-electron chi connectivity index (χ1n) is 13.6. The van der Waals surface area contributed by atoms with E-state index in [4.69, 9.17) is 0 Å². The topological polar surface area (TPSA) is 74.6 Å². The average molecular weight is 461 g/mol. The Morgan fingerprint density at radius 2 is 0.909 bits per heavy atom. The molecular weight excluding hydrogens is 412 g/mol. The van der Waals surface area contributed by atoms with Crippen LogP contribution >= 0.6 is 0 Å². The number of unbranched alkanes of at least 4 members (excludes halogenated alkanes) is 17. The Morgan fingerprint density at radius 1 is 0.576 bits per heavy atom. The maximum absolute atomic E-state index is 11.9. The number of aliphatic carboxylic acids is 2. The molecule has 33 heavy (non-hydrogen) atoms. The summed E-state index contributed by atoms with van der Waals surface area (Å²) in [5.41, 5.74) is -1.48. The van der Waals surface area contributed by atoms with Crippen LogP contribution in [0.2, 0.25) is 0 Å². The van der Waals surface area contributed by atoms with Crippen molar-refractivity contribution in [1.82, 2.24) is 0 Å². The number of carbonyl (C=O) groups is 2. The molecule has 0 unspecified atom stereocenters. The molecule has 0 saturated carbocycles. The third-order valence-corrected chi connectivity index (χ3v) is 6.90. The number of hydrogen-bond acceptors (Lipinski definition) is 2. The van der Waals surface area contributed by atoms with Crippen molar-refractivity contribution < 1.29 is 19.8 Å². The Morgan fingerprint density at radius 3 is 1.24 bits per heavy atom. The fraction of sp³-hybridized carbons (Fsp3) is 0.724. The minimum Gasteiger partial charge on any atom is -0.480 e. The van der Waals surface area contributed by atoms with E-state index in [1.165, 1.54) is 89.9 Å². The van der Waals surface area contributed by atoms with Crippen molar-refractivity contribution >= 4 is 11.9 Å². The standard InChI is InChI=1S/C29H48O4/c1-2-3-4-5-6-7-8-9-10-11-12-13-14-15-16-17-18-22-25-29(27(30)31,28(32)33)26-23-20-19-21-24-26/h19-21,23-24H,2-18,22,25H2,1H3,(H,30,31)(H,32,33). The van der Waals surface area contributed by atoms with Crippen molar-refractivity contribution in [2.45, 2.75) is 134 Å². The predicted octanol–water partition coefficient (Wildman–Crippen LogP) is 8.53. The number of carboxylic acids is 2. The normalized spacial score (nSPS) is 11.5. The third-order valence-electron chi connectivity index (χ3n) is 6.90. The summed E-state index contributed by atoms with van der Waals surface area (Å²) in [5, 5.41) is 19.4. The lowest BCUT2D eigenvalue weighted by molar-refractivity contribution is -0.158. The van der Waals surface area contributed by atoms with Crippen molar-refractivity contribution in [3.63, 3.8) is 0 Å². The summed E-state index contributed by atoms with van der Waals surface area (Å²) in [6, 6.07) is 8.39. The minimum absolute atomic E-state index is 0.139. The Hall–Kier alpha value is -1.84. The molecule has 0 aliphatic heterocycles. The van der Waals surface area contributed by atoms with Crippen LogP contribution in [0.4, 0.5) is 0 Å². The van der Waals surface area contributed by atoms with E-state index in [-0.39, 0.29) is 6.42 Å². The number of carboxylic acid groups (broad SMARTS) is 2. The van der Waals surface area contributed by atoms with Gasteiger partial charge in [0.2, 0.25) is 0 Å². The van der Waals surface area contributed by atoms with Crippen molar-refractivity contribution in [3.05, 3.63) is 35.9 Å². The van der Waals surface area contributed by atoms with E-state index in [1.54, 1.807) is 30.3 Å². The molecule has 2 N–H and O–H groups in total. The quantitative estimate of drug-likeness (QED) is 0.134. The van der Waals surface area contributed by atoms with E-state index < -0.39 is 17.4 Å². The van der Waals surface area contributed by atoms with Gasteiger partial charge in [0.15, 0.2) is 5.41 Å². The lowest BCUT2D eigenvalue weighted by Gasteiger charge is -2.25. The lowest BCUT2D eigenvalue weighted by atomic mass is 9.76. The lowest BCUT2D eigenvalue weighted by Crippen LogP contribution is -2.43. The van der Waals surface area contributed by atoms with Crippen LogP contribution in [-0.2, 0) is 15.0 Å². The van der Waals surface area contributed by atoms with Crippen molar-refractivity contribution in [1.29, 1.82) is 0 Å². The van der Waals surface area contributed by atoms with Crippen LogP contribution in [0.3, 0.4) is 0 Å². The van der Waals surface area contributed by atoms with Gasteiger partial charge in [0, 0.05) is 0 Å². The van der Waals surface area contributed by atoms with Crippen LogP contribution < -0.4 is 0 Å². The number of hydrogen-bond donors (Lipinski definition) is 2. The van der Waals surface area contributed by atoms with Gasteiger partial charge in [-0.1, -0.05) is 153 Å². The van der Waals surface area contributed by atoms with Gasteiger partial charge in [0.1, 0.15) is 0 Å².